The van der Waals surface area contributed by atoms with Gasteiger partial charge in [-0.15, -0.1) is 0 Å². The van der Waals surface area contributed by atoms with Crippen LogP contribution < -0.4 is 4.74 Å². The maximum Gasteiger partial charge on any atom is 0.386 e. The summed E-state index contributed by atoms with van der Waals surface area (Å²) in [6.45, 7) is 3.50. The monoisotopic (exact) mass is 528 g/mol. The molecule has 3 aromatic carbocycles. The van der Waals surface area contributed by atoms with E-state index in [1.807, 2.05) is 0 Å². The second-order valence-electron chi connectivity index (χ2n) is 6.94. The standard InChI is InChI=1S/C20H12F4O2.2C2H3F3/c1-2-15-16(21)18(23)20(19(24)17(15)22)26-14-9-5-12(6-10-14)11-3-7-13(25)8-4-11;2*1-2(3,4)5/h2-10,25H,1H2;2*1H3. The third kappa shape index (κ3) is 10.3. The molecule has 1 N–H and O–H groups in total. The Labute approximate surface area is 199 Å². The lowest BCUT2D eigenvalue weighted by atomic mass is 10.1. The lowest BCUT2D eigenvalue weighted by Crippen LogP contribution is -2.03. The van der Waals surface area contributed by atoms with E-state index in [1.165, 1.54) is 24.3 Å². The molecule has 0 aliphatic carbocycles. The molecule has 0 bridgehead atoms. The lowest BCUT2D eigenvalue weighted by molar-refractivity contribution is -0.111. The molecule has 0 amide bonds. The fourth-order valence-corrected chi connectivity index (χ4v) is 2.38. The zero-order valence-electron chi connectivity index (χ0n) is 18.5. The molecule has 0 unspecified atom stereocenters. The first kappa shape index (κ1) is 30.3. The highest BCUT2D eigenvalue weighted by atomic mass is 19.4. The average Bonchev–Trinajstić information content (AvgIpc) is 2.75. The van der Waals surface area contributed by atoms with Crippen molar-refractivity contribution in [2.75, 3.05) is 0 Å². The van der Waals surface area contributed by atoms with Crippen LogP contribution in [0.3, 0.4) is 0 Å². The number of aromatic hydroxyl groups is 1. The van der Waals surface area contributed by atoms with E-state index in [2.05, 4.69) is 6.58 Å². The molecule has 0 aliphatic rings. The summed E-state index contributed by atoms with van der Waals surface area (Å²) in [5, 5.41) is 9.29. The van der Waals surface area contributed by atoms with Crippen LogP contribution in [0.2, 0.25) is 0 Å². The lowest BCUT2D eigenvalue weighted by Gasteiger charge is -2.11. The summed E-state index contributed by atoms with van der Waals surface area (Å²) < 4.78 is 123. The highest BCUT2D eigenvalue weighted by Crippen LogP contribution is 2.34. The van der Waals surface area contributed by atoms with Crippen molar-refractivity contribution in [1.29, 1.82) is 0 Å². The quantitative estimate of drug-likeness (QED) is 0.270. The molecule has 2 nitrogen and oxygen atoms in total. The molecule has 0 heterocycles. The van der Waals surface area contributed by atoms with E-state index in [0.29, 0.717) is 6.08 Å². The van der Waals surface area contributed by atoms with Crippen LogP contribution in [0.25, 0.3) is 17.2 Å². The van der Waals surface area contributed by atoms with Crippen LogP contribution in [-0.2, 0) is 0 Å². The Morgan fingerprint density at radius 2 is 1.00 bits per heavy atom. The van der Waals surface area contributed by atoms with Gasteiger partial charge in [0.15, 0.2) is 11.6 Å². The first-order valence-corrected chi connectivity index (χ1v) is 9.61. The van der Waals surface area contributed by atoms with Crippen molar-refractivity contribution in [2.24, 2.45) is 0 Å². The van der Waals surface area contributed by atoms with Gasteiger partial charge >= 0.3 is 12.4 Å². The van der Waals surface area contributed by atoms with E-state index < -0.39 is 46.9 Å². The van der Waals surface area contributed by atoms with Gasteiger partial charge in [0.05, 0.1) is 5.56 Å². The molecule has 0 aliphatic heterocycles. The number of hydrogen-bond donors (Lipinski definition) is 1. The Kier molecular flexibility index (Phi) is 10.4. The number of halogens is 10. The highest BCUT2D eigenvalue weighted by Gasteiger charge is 2.25. The molecule has 3 rings (SSSR count). The minimum atomic E-state index is -4.00. The Balaban J connectivity index is 0.000000550. The third-order valence-electron chi connectivity index (χ3n) is 3.74. The summed E-state index contributed by atoms with van der Waals surface area (Å²) in [5.74, 6) is -7.47. The topological polar surface area (TPSA) is 29.5 Å². The fraction of sp³-hybridized carbons (Fsp3) is 0.167. The van der Waals surface area contributed by atoms with Gasteiger partial charge in [0.1, 0.15) is 11.5 Å². The smallest absolute Gasteiger partial charge is 0.386 e. The summed E-state index contributed by atoms with van der Waals surface area (Å²) >= 11 is 0. The Morgan fingerprint density at radius 1 is 0.667 bits per heavy atom. The SMILES string of the molecule is C=Cc1c(F)c(F)c(Oc2ccc(-c3ccc(O)cc3)cc2)c(F)c1F.CC(F)(F)F.CC(F)(F)F. The van der Waals surface area contributed by atoms with Crippen molar-refractivity contribution in [2.45, 2.75) is 26.2 Å². The molecular formula is C24H18F10O2. The van der Waals surface area contributed by atoms with Gasteiger partial charge in [0.2, 0.25) is 17.4 Å². The van der Waals surface area contributed by atoms with Crippen molar-refractivity contribution in [3.63, 3.8) is 0 Å². The van der Waals surface area contributed by atoms with E-state index in [9.17, 15) is 49.0 Å². The van der Waals surface area contributed by atoms with Crippen molar-refractivity contribution >= 4 is 6.08 Å². The number of alkyl halides is 6. The number of ether oxygens (including phenoxy) is 1. The number of rotatable bonds is 4. The average molecular weight is 528 g/mol. The van der Waals surface area contributed by atoms with Crippen LogP contribution >= 0.6 is 0 Å². The first-order chi connectivity index (χ1) is 16.4. The fourth-order valence-electron chi connectivity index (χ4n) is 2.38. The van der Waals surface area contributed by atoms with Crippen LogP contribution in [0, 0.1) is 23.3 Å². The van der Waals surface area contributed by atoms with Crippen molar-refractivity contribution in [3.8, 4) is 28.4 Å². The maximum absolute atomic E-state index is 14.0. The molecule has 0 saturated carbocycles. The van der Waals surface area contributed by atoms with E-state index in [0.717, 1.165) is 11.1 Å². The summed E-state index contributed by atoms with van der Waals surface area (Å²) in [4.78, 5) is 0. The summed E-state index contributed by atoms with van der Waals surface area (Å²) in [7, 11) is 0. The van der Waals surface area contributed by atoms with E-state index in [4.69, 9.17) is 4.74 Å². The molecule has 3 aromatic rings. The number of hydrogen-bond acceptors (Lipinski definition) is 2. The molecule has 196 valence electrons. The Hall–Kier alpha value is -3.70. The van der Waals surface area contributed by atoms with Crippen LogP contribution in [0.15, 0.2) is 55.1 Å². The maximum atomic E-state index is 14.0. The molecule has 0 saturated heterocycles. The molecule has 0 spiro atoms. The Morgan fingerprint density at radius 3 is 1.33 bits per heavy atom. The van der Waals surface area contributed by atoms with E-state index in [-0.39, 0.29) is 25.3 Å². The van der Waals surface area contributed by atoms with Gasteiger partial charge in [-0.3, -0.25) is 0 Å². The van der Waals surface area contributed by atoms with Gasteiger partial charge in [-0.25, -0.2) is 8.78 Å². The predicted molar refractivity (Wildman–Crippen MR) is 113 cm³/mol. The van der Waals surface area contributed by atoms with Crippen LogP contribution in [0.1, 0.15) is 19.4 Å². The largest absolute Gasteiger partial charge is 0.508 e. The number of phenols is 1. The number of phenolic OH excluding ortho intramolecular Hbond substituents is 1. The van der Waals surface area contributed by atoms with E-state index >= 15 is 0 Å². The van der Waals surface area contributed by atoms with Crippen molar-refractivity contribution in [1.82, 2.24) is 0 Å². The van der Waals surface area contributed by atoms with Crippen molar-refractivity contribution in [3.05, 3.63) is 83.9 Å². The van der Waals surface area contributed by atoms with Gasteiger partial charge in [0, 0.05) is 13.8 Å². The van der Waals surface area contributed by atoms with Gasteiger partial charge in [0.25, 0.3) is 0 Å². The second kappa shape index (κ2) is 12.3. The zero-order chi connectivity index (χ0) is 27.8. The van der Waals surface area contributed by atoms with Gasteiger partial charge in [-0.2, -0.15) is 35.1 Å². The first-order valence-electron chi connectivity index (χ1n) is 9.61. The van der Waals surface area contributed by atoms with Crippen LogP contribution in [0.4, 0.5) is 43.9 Å². The van der Waals surface area contributed by atoms with Gasteiger partial charge < -0.3 is 9.84 Å². The summed E-state index contributed by atoms with van der Waals surface area (Å²) in [6, 6.07) is 12.4. The zero-order valence-corrected chi connectivity index (χ0v) is 18.5. The second-order valence-corrected chi connectivity index (χ2v) is 6.94. The number of benzene rings is 3. The Bertz CT molecular complexity index is 1100. The van der Waals surface area contributed by atoms with E-state index in [1.54, 1.807) is 24.3 Å². The predicted octanol–water partition coefficient (Wildman–Crippen LogP) is 9.19. The molecule has 12 heteroatoms. The van der Waals surface area contributed by atoms with Crippen molar-refractivity contribution < 1.29 is 53.7 Å². The molecular weight excluding hydrogens is 510 g/mol. The molecule has 0 fully saturated rings. The summed E-state index contributed by atoms with van der Waals surface area (Å²) in [5.41, 5.74) is 0.645. The van der Waals surface area contributed by atoms with Crippen LogP contribution in [0.5, 0.6) is 17.2 Å². The molecule has 0 aromatic heterocycles. The molecule has 36 heavy (non-hydrogen) atoms. The highest BCUT2D eigenvalue weighted by molar-refractivity contribution is 5.65. The van der Waals surface area contributed by atoms with Crippen LogP contribution in [-0.4, -0.2) is 17.5 Å². The summed E-state index contributed by atoms with van der Waals surface area (Å²) in [6.07, 6.45) is -7.31. The minimum absolute atomic E-state index is 0.00418. The molecule has 0 radical (unpaired) electrons. The van der Waals surface area contributed by atoms with Gasteiger partial charge in [-0.1, -0.05) is 36.9 Å². The van der Waals surface area contributed by atoms with Gasteiger partial charge in [-0.05, 0) is 35.4 Å². The normalized spacial score (nSPS) is 11.0. The molecule has 0 atom stereocenters. The minimum Gasteiger partial charge on any atom is -0.508 e. The third-order valence-corrected chi connectivity index (χ3v) is 3.74.